The zero-order chi connectivity index (χ0) is 14.0. The molecule has 1 N–H and O–H groups in total. The molecule has 1 aromatic carbocycles. The smallest absolute Gasteiger partial charge is 0.271 e. The predicted molar refractivity (Wildman–Crippen MR) is 70.5 cm³/mol. The summed E-state index contributed by atoms with van der Waals surface area (Å²) in [6.07, 6.45) is 0. The Bertz CT molecular complexity index is 513. The molecule has 0 radical (unpaired) electrons. The van der Waals surface area contributed by atoms with Crippen LogP contribution in [0.3, 0.4) is 0 Å². The van der Waals surface area contributed by atoms with Crippen LogP contribution < -0.4 is 5.32 Å². The summed E-state index contributed by atoms with van der Waals surface area (Å²) in [5.74, 6) is -0.432. The molecule has 1 saturated heterocycles. The normalized spacial score (nSPS) is 18.8. The number of hydrogen-bond acceptors (Lipinski definition) is 3. The van der Waals surface area contributed by atoms with Gasteiger partial charge in [0.05, 0.1) is 0 Å². The van der Waals surface area contributed by atoms with Crippen LogP contribution in [0, 0.1) is 13.8 Å². The van der Waals surface area contributed by atoms with Crippen molar-refractivity contribution in [1.82, 2.24) is 10.4 Å². The number of benzene rings is 1. The van der Waals surface area contributed by atoms with Gasteiger partial charge in [-0.3, -0.25) is 14.4 Å². The molecule has 1 aliphatic heterocycles. The molecule has 2 amide bonds. The van der Waals surface area contributed by atoms with E-state index in [0.29, 0.717) is 12.1 Å². The molecule has 0 aliphatic carbocycles. The Labute approximate surface area is 112 Å². The summed E-state index contributed by atoms with van der Waals surface area (Å²) in [7, 11) is 0. The van der Waals surface area contributed by atoms with Gasteiger partial charge in [0.25, 0.3) is 11.8 Å². The van der Waals surface area contributed by atoms with E-state index in [1.54, 1.807) is 6.07 Å². The molecule has 0 saturated carbocycles. The minimum Gasteiger partial charge on any atom is -0.338 e. The SMILES string of the molecule is CCN1OCC(NC(=O)c2ccc(C)cc2C)C1=O. The van der Waals surface area contributed by atoms with Crippen molar-refractivity contribution in [2.24, 2.45) is 0 Å². The van der Waals surface area contributed by atoms with Gasteiger partial charge < -0.3 is 5.32 Å². The van der Waals surface area contributed by atoms with Crippen LogP contribution in [0.15, 0.2) is 18.2 Å². The first-order valence-corrected chi connectivity index (χ1v) is 6.35. The lowest BCUT2D eigenvalue weighted by Crippen LogP contribution is -2.42. The van der Waals surface area contributed by atoms with Gasteiger partial charge in [-0.2, -0.15) is 0 Å². The van der Waals surface area contributed by atoms with E-state index in [9.17, 15) is 9.59 Å². The molecule has 5 nitrogen and oxygen atoms in total. The third kappa shape index (κ3) is 2.76. The lowest BCUT2D eigenvalue weighted by molar-refractivity contribution is -0.160. The second-order valence-corrected chi connectivity index (χ2v) is 4.67. The Morgan fingerprint density at radius 2 is 2.21 bits per heavy atom. The highest BCUT2D eigenvalue weighted by atomic mass is 16.7. The highest BCUT2D eigenvalue weighted by molar-refractivity contribution is 5.98. The van der Waals surface area contributed by atoms with E-state index in [-0.39, 0.29) is 18.4 Å². The summed E-state index contributed by atoms with van der Waals surface area (Å²) in [6, 6.07) is 5.01. The highest BCUT2D eigenvalue weighted by Crippen LogP contribution is 2.12. The van der Waals surface area contributed by atoms with E-state index in [1.165, 1.54) is 5.06 Å². The van der Waals surface area contributed by atoms with E-state index in [0.717, 1.165) is 11.1 Å². The van der Waals surface area contributed by atoms with E-state index < -0.39 is 6.04 Å². The van der Waals surface area contributed by atoms with Crippen LogP contribution in [-0.4, -0.2) is 36.1 Å². The summed E-state index contributed by atoms with van der Waals surface area (Å²) in [5.41, 5.74) is 2.59. The van der Waals surface area contributed by atoms with Crippen molar-refractivity contribution in [3.8, 4) is 0 Å². The Morgan fingerprint density at radius 1 is 1.47 bits per heavy atom. The van der Waals surface area contributed by atoms with Gasteiger partial charge in [0, 0.05) is 12.1 Å². The Kier molecular flexibility index (Phi) is 3.85. The monoisotopic (exact) mass is 262 g/mol. The van der Waals surface area contributed by atoms with E-state index in [4.69, 9.17) is 4.84 Å². The molecule has 2 rings (SSSR count). The van der Waals surface area contributed by atoms with Crippen molar-refractivity contribution >= 4 is 11.8 Å². The van der Waals surface area contributed by atoms with Crippen molar-refractivity contribution in [1.29, 1.82) is 0 Å². The van der Waals surface area contributed by atoms with Gasteiger partial charge in [0.15, 0.2) is 0 Å². The zero-order valence-corrected chi connectivity index (χ0v) is 11.4. The Balaban J connectivity index is 2.08. The molecule has 1 atom stereocenters. The zero-order valence-electron chi connectivity index (χ0n) is 11.4. The topological polar surface area (TPSA) is 58.6 Å². The second kappa shape index (κ2) is 5.40. The number of nitrogens with one attached hydrogen (secondary N) is 1. The fourth-order valence-corrected chi connectivity index (χ4v) is 2.13. The van der Waals surface area contributed by atoms with Crippen LogP contribution in [0.2, 0.25) is 0 Å². The minimum atomic E-state index is -0.590. The molecule has 1 unspecified atom stereocenters. The van der Waals surface area contributed by atoms with Crippen LogP contribution in [0.1, 0.15) is 28.4 Å². The average Bonchev–Trinajstić information content (AvgIpc) is 2.70. The first-order valence-electron chi connectivity index (χ1n) is 6.35. The third-order valence-electron chi connectivity index (χ3n) is 3.16. The summed E-state index contributed by atoms with van der Waals surface area (Å²) >= 11 is 0. The Morgan fingerprint density at radius 3 is 2.79 bits per heavy atom. The number of aryl methyl sites for hydroxylation is 2. The predicted octanol–water partition coefficient (Wildman–Crippen LogP) is 1.20. The maximum Gasteiger partial charge on any atom is 0.271 e. The van der Waals surface area contributed by atoms with Gasteiger partial charge in [0.1, 0.15) is 12.6 Å². The quantitative estimate of drug-likeness (QED) is 0.890. The molecule has 19 heavy (non-hydrogen) atoms. The van der Waals surface area contributed by atoms with E-state index >= 15 is 0 Å². The number of nitrogens with zero attached hydrogens (tertiary/aromatic N) is 1. The van der Waals surface area contributed by atoms with Gasteiger partial charge in [0.2, 0.25) is 0 Å². The van der Waals surface area contributed by atoms with Crippen molar-refractivity contribution in [2.45, 2.75) is 26.8 Å². The van der Waals surface area contributed by atoms with Gasteiger partial charge in [-0.15, -0.1) is 0 Å². The molecule has 0 aromatic heterocycles. The van der Waals surface area contributed by atoms with Crippen LogP contribution in [0.25, 0.3) is 0 Å². The van der Waals surface area contributed by atoms with Crippen LogP contribution in [-0.2, 0) is 9.63 Å². The van der Waals surface area contributed by atoms with Crippen molar-refractivity contribution in [3.63, 3.8) is 0 Å². The van der Waals surface area contributed by atoms with Crippen molar-refractivity contribution in [2.75, 3.05) is 13.2 Å². The molecular formula is C14H18N2O3. The molecule has 1 aromatic rings. The third-order valence-corrected chi connectivity index (χ3v) is 3.16. The second-order valence-electron chi connectivity index (χ2n) is 4.67. The summed E-state index contributed by atoms with van der Waals surface area (Å²) in [6.45, 7) is 6.36. The summed E-state index contributed by atoms with van der Waals surface area (Å²) in [4.78, 5) is 29.1. The van der Waals surface area contributed by atoms with Gasteiger partial charge in [-0.05, 0) is 32.4 Å². The Hall–Kier alpha value is -1.88. The molecule has 102 valence electrons. The first kappa shape index (κ1) is 13.5. The van der Waals surface area contributed by atoms with E-state index in [1.807, 2.05) is 32.9 Å². The molecule has 5 heteroatoms. The average molecular weight is 262 g/mol. The largest absolute Gasteiger partial charge is 0.338 e. The lowest BCUT2D eigenvalue weighted by atomic mass is 10.0. The molecule has 1 heterocycles. The number of carbonyl (C=O) groups is 2. The van der Waals surface area contributed by atoms with Crippen LogP contribution >= 0.6 is 0 Å². The molecule has 1 fully saturated rings. The van der Waals surface area contributed by atoms with Gasteiger partial charge in [-0.25, -0.2) is 5.06 Å². The molecule has 0 bridgehead atoms. The van der Waals surface area contributed by atoms with Crippen molar-refractivity contribution < 1.29 is 14.4 Å². The molecule has 0 spiro atoms. The standard InChI is InChI=1S/C14H18N2O3/c1-4-16-14(18)12(8-19-16)15-13(17)11-6-5-9(2)7-10(11)3/h5-7,12H,4,8H2,1-3H3,(H,15,17). The number of hydrogen-bond donors (Lipinski definition) is 1. The summed E-state index contributed by atoms with van der Waals surface area (Å²) in [5, 5.41) is 3.99. The maximum absolute atomic E-state index is 12.1. The van der Waals surface area contributed by atoms with Gasteiger partial charge in [-0.1, -0.05) is 17.7 Å². The first-order chi connectivity index (χ1) is 9.02. The fraction of sp³-hybridized carbons (Fsp3) is 0.429. The van der Waals surface area contributed by atoms with Crippen LogP contribution in [0.5, 0.6) is 0 Å². The number of carbonyl (C=O) groups excluding carboxylic acids is 2. The number of likely N-dealkylation sites (N-methyl/N-ethyl adjacent to an activating group) is 1. The van der Waals surface area contributed by atoms with Crippen LogP contribution in [0.4, 0.5) is 0 Å². The molecule has 1 aliphatic rings. The number of amides is 2. The van der Waals surface area contributed by atoms with Crippen molar-refractivity contribution in [3.05, 3.63) is 34.9 Å². The number of hydroxylamine groups is 2. The van der Waals surface area contributed by atoms with E-state index in [2.05, 4.69) is 5.32 Å². The lowest BCUT2D eigenvalue weighted by Gasteiger charge is -2.13. The minimum absolute atomic E-state index is 0.194. The number of rotatable bonds is 3. The fourth-order valence-electron chi connectivity index (χ4n) is 2.13. The highest BCUT2D eigenvalue weighted by Gasteiger charge is 2.33. The summed E-state index contributed by atoms with van der Waals surface area (Å²) < 4.78 is 0. The van der Waals surface area contributed by atoms with Gasteiger partial charge >= 0.3 is 0 Å². The maximum atomic E-state index is 12.1. The molecular weight excluding hydrogens is 244 g/mol.